The van der Waals surface area contributed by atoms with Crippen molar-refractivity contribution in [2.24, 2.45) is 0 Å². The first kappa shape index (κ1) is 16.8. The van der Waals surface area contributed by atoms with E-state index in [4.69, 9.17) is 9.15 Å². The molecule has 1 atom stereocenters. The molecule has 1 saturated heterocycles. The lowest BCUT2D eigenvalue weighted by atomic mass is 10.0. The van der Waals surface area contributed by atoms with Gasteiger partial charge < -0.3 is 24.7 Å². The fraction of sp³-hybridized carbons (Fsp3) is 0.444. The number of halogens is 1. The molecule has 2 aliphatic rings. The fourth-order valence-electron chi connectivity index (χ4n) is 3.32. The number of hydrogen-bond acceptors (Lipinski definition) is 6. The van der Waals surface area contributed by atoms with E-state index in [0.29, 0.717) is 24.6 Å². The van der Waals surface area contributed by atoms with Gasteiger partial charge in [0.1, 0.15) is 0 Å². The van der Waals surface area contributed by atoms with Gasteiger partial charge in [-0.1, -0.05) is 12.1 Å². The summed E-state index contributed by atoms with van der Waals surface area (Å²) in [6.45, 7) is 3.71. The number of carbonyl (C=O) groups excluding carboxylic acids is 1. The third-order valence-electron chi connectivity index (χ3n) is 4.67. The SMILES string of the molecule is O=C(NC1CCCOc2c(F)cccc21)c1cnc(N2CCNCC2)o1. The number of fused-ring (bicyclic) bond motifs is 1. The molecule has 1 amide bonds. The number of nitrogens with zero attached hydrogens (tertiary/aromatic N) is 2. The number of oxazole rings is 1. The number of anilines is 1. The Balaban J connectivity index is 1.50. The summed E-state index contributed by atoms with van der Waals surface area (Å²) in [6.07, 6.45) is 2.83. The van der Waals surface area contributed by atoms with Gasteiger partial charge >= 0.3 is 0 Å². The highest BCUT2D eigenvalue weighted by atomic mass is 19.1. The summed E-state index contributed by atoms with van der Waals surface area (Å²) in [6, 6.07) is 4.88. The Bertz CT molecular complexity index is 788. The van der Waals surface area contributed by atoms with Crippen molar-refractivity contribution in [2.75, 3.05) is 37.7 Å². The van der Waals surface area contributed by atoms with Crippen molar-refractivity contribution < 1.29 is 18.3 Å². The van der Waals surface area contributed by atoms with Crippen molar-refractivity contribution in [1.82, 2.24) is 15.6 Å². The number of amides is 1. The third kappa shape index (κ3) is 3.37. The summed E-state index contributed by atoms with van der Waals surface area (Å²) in [4.78, 5) is 18.8. The predicted molar refractivity (Wildman–Crippen MR) is 92.9 cm³/mol. The van der Waals surface area contributed by atoms with Crippen molar-refractivity contribution in [3.63, 3.8) is 0 Å². The quantitative estimate of drug-likeness (QED) is 0.870. The molecule has 26 heavy (non-hydrogen) atoms. The molecule has 0 bridgehead atoms. The van der Waals surface area contributed by atoms with Crippen molar-refractivity contribution >= 4 is 11.9 Å². The lowest BCUT2D eigenvalue weighted by Gasteiger charge is -2.25. The molecule has 0 saturated carbocycles. The summed E-state index contributed by atoms with van der Waals surface area (Å²) < 4.78 is 25.2. The minimum Gasteiger partial charge on any atom is -0.490 e. The Morgan fingerprint density at radius 2 is 2.19 bits per heavy atom. The van der Waals surface area contributed by atoms with Gasteiger partial charge in [-0.15, -0.1) is 0 Å². The Labute approximate surface area is 150 Å². The Morgan fingerprint density at radius 3 is 3.04 bits per heavy atom. The molecule has 2 N–H and O–H groups in total. The number of piperazine rings is 1. The van der Waals surface area contributed by atoms with E-state index in [1.54, 1.807) is 12.1 Å². The van der Waals surface area contributed by atoms with Crippen LogP contribution in [-0.2, 0) is 0 Å². The second-order valence-electron chi connectivity index (χ2n) is 6.42. The monoisotopic (exact) mass is 360 g/mol. The van der Waals surface area contributed by atoms with E-state index in [1.165, 1.54) is 12.3 Å². The largest absolute Gasteiger partial charge is 0.490 e. The van der Waals surface area contributed by atoms with Gasteiger partial charge in [-0.25, -0.2) is 9.37 Å². The van der Waals surface area contributed by atoms with Gasteiger partial charge in [-0.05, 0) is 18.9 Å². The van der Waals surface area contributed by atoms with Gasteiger partial charge in [0.05, 0.1) is 18.8 Å². The number of nitrogens with one attached hydrogen (secondary N) is 2. The molecule has 4 rings (SSSR count). The standard InChI is InChI=1S/C18H21FN4O3/c19-13-4-1-3-12-14(5-2-10-25-16(12)13)22-17(24)15-11-21-18(26-15)23-8-6-20-7-9-23/h1,3-4,11,14,20H,2,5-10H2,(H,22,24). The molecule has 1 aromatic carbocycles. The summed E-state index contributed by atoms with van der Waals surface area (Å²) in [7, 11) is 0. The number of carbonyl (C=O) groups is 1. The van der Waals surface area contributed by atoms with Crippen LogP contribution in [-0.4, -0.2) is 43.7 Å². The fourth-order valence-corrected chi connectivity index (χ4v) is 3.32. The van der Waals surface area contributed by atoms with E-state index in [-0.39, 0.29) is 23.5 Å². The molecule has 138 valence electrons. The smallest absolute Gasteiger partial charge is 0.298 e. The molecule has 0 spiro atoms. The van der Waals surface area contributed by atoms with Crippen LogP contribution in [0.5, 0.6) is 5.75 Å². The lowest BCUT2D eigenvalue weighted by molar-refractivity contribution is 0.0907. The molecule has 1 aromatic heterocycles. The van der Waals surface area contributed by atoms with Crippen LogP contribution in [0.15, 0.2) is 28.8 Å². The highest BCUT2D eigenvalue weighted by molar-refractivity contribution is 5.91. The first-order valence-corrected chi connectivity index (χ1v) is 8.86. The second kappa shape index (κ2) is 7.33. The maximum Gasteiger partial charge on any atom is 0.298 e. The molecule has 0 aliphatic carbocycles. The number of ether oxygens (including phenoxy) is 1. The zero-order valence-corrected chi connectivity index (χ0v) is 14.3. The van der Waals surface area contributed by atoms with Crippen LogP contribution in [0.3, 0.4) is 0 Å². The summed E-state index contributed by atoms with van der Waals surface area (Å²) in [5, 5.41) is 6.18. The first-order valence-electron chi connectivity index (χ1n) is 8.86. The number of rotatable bonds is 3. The molecule has 3 heterocycles. The normalized spacial score (nSPS) is 20.0. The molecule has 1 fully saturated rings. The van der Waals surface area contributed by atoms with Gasteiger partial charge in [0.2, 0.25) is 5.76 Å². The molecule has 7 nitrogen and oxygen atoms in total. The van der Waals surface area contributed by atoms with E-state index in [9.17, 15) is 9.18 Å². The lowest BCUT2D eigenvalue weighted by Crippen LogP contribution is -2.43. The first-order chi connectivity index (χ1) is 12.7. The van der Waals surface area contributed by atoms with Gasteiger partial charge in [-0.3, -0.25) is 4.79 Å². The highest BCUT2D eigenvalue weighted by Crippen LogP contribution is 2.33. The Kier molecular flexibility index (Phi) is 4.75. The van der Waals surface area contributed by atoms with Crippen molar-refractivity contribution in [3.8, 4) is 5.75 Å². The molecule has 2 aromatic rings. The molecule has 2 aliphatic heterocycles. The molecule has 1 unspecified atom stereocenters. The van der Waals surface area contributed by atoms with Crippen molar-refractivity contribution in [1.29, 1.82) is 0 Å². The number of hydrogen-bond donors (Lipinski definition) is 2. The zero-order valence-electron chi connectivity index (χ0n) is 14.3. The maximum absolute atomic E-state index is 14.0. The van der Waals surface area contributed by atoms with E-state index in [0.717, 1.165) is 32.6 Å². The number of para-hydroxylation sites is 1. The highest BCUT2D eigenvalue weighted by Gasteiger charge is 2.26. The molecular weight excluding hydrogens is 339 g/mol. The number of aromatic nitrogens is 1. The van der Waals surface area contributed by atoms with Crippen molar-refractivity contribution in [2.45, 2.75) is 18.9 Å². The topological polar surface area (TPSA) is 79.6 Å². The van der Waals surface area contributed by atoms with Crippen LogP contribution in [0.25, 0.3) is 0 Å². The van der Waals surface area contributed by atoms with Crippen LogP contribution in [0.2, 0.25) is 0 Å². The van der Waals surface area contributed by atoms with Gasteiger partial charge in [0.15, 0.2) is 11.6 Å². The molecule has 0 radical (unpaired) electrons. The minimum atomic E-state index is -0.413. The predicted octanol–water partition coefficient (Wildman–Crippen LogP) is 1.87. The summed E-state index contributed by atoms with van der Waals surface area (Å²) >= 11 is 0. The second-order valence-corrected chi connectivity index (χ2v) is 6.42. The van der Waals surface area contributed by atoms with Gasteiger partial charge in [0, 0.05) is 31.7 Å². The van der Waals surface area contributed by atoms with Gasteiger partial charge in [0.25, 0.3) is 11.9 Å². The van der Waals surface area contributed by atoms with Crippen LogP contribution in [0.1, 0.15) is 35.0 Å². The van der Waals surface area contributed by atoms with Crippen LogP contribution < -0.4 is 20.3 Å². The van der Waals surface area contributed by atoms with E-state index < -0.39 is 5.82 Å². The molecular formula is C18H21FN4O3. The molecule has 8 heteroatoms. The minimum absolute atomic E-state index is 0.154. The average molecular weight is 360 g/mol. The Morgan fingerprint density at radius 1 is 1.35 bits per heavy atom. The van der Waals surface area contributed by atoms with Crippen LogP contribution in [0.4, 0.5) is 10.4 Å². The Hall–Kier alpha value is -2.61. The summed E-state index contributed by atoms with van der Waals surface area (Å²) in [5.41, 5.74) is 0.651. The van der Waals surface area contributed by atoms with Crippen LogP contribution in [0, 0.1) is 5.82 Å². The number of benzene rings is 1. The third-order valence-corrected chi connectivity index (χ3v) is 4.67. The van der Waals surface area contributed by atoms with Crippen LogP contribution >= 0.6 is 0 Å². The van der Waals surface area contributed by atoms with E-state index in [2.05, 4.69) is 15.6 Å². The average Bonchev–Trinajstić information content (AvgIpc) is 3.07. The van der Waals surface area contributed by atoms with Crippen molar-refractivity contribution in [3.05, 3.63) is 41.5 Å². The van der Waals surface area contributed by atoms with E-state index >= 15 is 0 Å². The van der Waals surface area contributed by atoms with E-state index in [1.807, 2.05) is 4.90 Å². The summed E-state index contributed by atoms with van der Waals surface area (Å²) in [5.74, 6) is -0.402. The zero-order chi connectivity index (χ0) is 17.9. The van der Waals surface area contributed by atoms with Gasteiger partial charge in [-0.2, -0.15) is 0 Å². The maximum atomic E-state index is 14.0.